The van der Waals surface area contributed by atoms with Gasteiger partial charge in [0.2, 0.25) is 17.7 Å². The summed E-state index contributed by atoms with van der Waals surface area (Å²) in [6.07, 6.45) is 0. The van der Waals surface area contributed by atoms with Crippen LogP contribution in [0.2, 0.25) is 0 Å². The van der Waals surface area contributed by atoms with Gasteiger partial charge in [-0.1, -0.05) is 231 Å². The third kappa shape index (κ3) is 10.2. The average molecular weight is 1310 g/mol. The van der Waals surface area contributed by atoms with Gasteiger partial charge in [-0.05, 0) is 151 Å². The van der Waals surface area contributed by atoms with Crippen LogP contribution in [0.5, 0.6) is 0 Å². The largest absolute Gasteiger partial charge is 0.436 e. The highest BCUT2D eigenvalue weighted by atomic mass is 32.1. The van der Waals surface area contributed by atoms with Crippen molar-refractivity contribution in [1.82, 2.24) is 15.0 Å². The summed E-state index contributed by atoms with van der Waals surface area (Å²) in [4.78, 5) is 14.0. The van der Waals surface area contributed by atoms with Gasteiger partial charge >= 0.3 is 0 Å². The van der Waals surface area contributed by atoms with Crippen LogP contribution >= 0.6 is 34.0 Å². The van der Waals surface area contributed by atoms with E-state index < -0.39 is 0 Å². The first kappa shape index (κ1) is 57.3. The molecule has 460 valence electrons. The summed E-state index contributed by atoms with van der Waals surface area (Å²) >= 11 is 5.60. The van der Waals surface area contributed by atoms with Crippen molar-refractivity contribution in [3.63, 3.8) is 0 Å². The number of para-hydroxylation sites is 6. The van der Waals surface area contributed by atoms with Gasteiger partial charge in [-0.15, -0.1) is 34.0 Å². The second kappa shape index (κ2) is 24.0. The fraction of sp³-hybridized carbons (Fsp3) is 0. The van der Waals surface area contributed by atoms with E-state index in [1.165, 1.54) is 121 Å². The highest BCUT2D eigenvalue weighted by Gasteiger charge is 2.19. The van der Waals surface area contributed by atoms with Crippen LogP contribution in [0.1, 0.15) is 0 Å². The molecule has 98 heavy (non-hydrogen) atoms. The first-order chi connectivity index (χ1) is 48.5. The molecule has 0 bridgehead atoms. The molecule has 0 spiro atoms. The van der Waals surface area contributed by atoms with Crippen molar-refractivity contribution in [2.45, 2.75) is 0 Å². The van der Waals surface area contributed by atoms with E-state index in [4.69, 9.17) is 18.2 Å². The van der Waals surface area contributed by atoms with Gasteiger partial charge in [0, 0.05) is 82.8 Å². The zero-order valence-electron chi connectivity index (χ0n) is 52.4. The van der Waals surface area contributed by atoms with Gasteiger partial charge in [0.1, 0.15) is 16.6 Å². The second-order valence-electron chi connectivity index (χ2n) is 24.4. The monoisotopic (exact) mass is 1310 g/mol. The molecule has 6 heterocycles. The van der Waals surface area contributed by atoms with Crippen LogP contribution in [0.4, 0.5) is 0 Å². The highest BCUT2D eigenvalue weighted by molar-refractivity contribution is 7.27. The minimum atomic E-state index is 0.652. The number of oxazole rings is 3. The van der Waals surface area contributed by atoms with E-state index in [9.17, 15) is 0 Å². The number of aromatic nitrogens is 3. The van der Waals surface area contributed by atoms with Crippen molar-refractivity contribution >= 4 is 149 Å². The molecule has 6 nitrogen and oxygen atoms in total. The summed E-state index contributed by atoms with van der Waals surface area (Å²) in [5, 5.41) is 12.7. The van der Waals surface area contributed by atoms with Crippen molar-refractivity contribution < 1.29 is 13.3 Å². The molecule has 0 atom stereocenters. The summed E-state index contributed by atoms with van der Waals surface area (Å²) < 4.78 is 26.0. The summed E-state index contributed by atoms with van der Waals surface area (Å²) in [5.41, 5.74) is 18.0. The lowest BCUT2D eigenvalue weighted by molar-refractivity contribution is 0.619. The maximum absolute atomic E-state index is 6.11. The molecule has 0 aliphatic heterocycles. The predicted octanol–water partition coefficient (Wildman–Crippen LogP) is 26.6. The molecule has 0 aliphatic rings. The van der Waals surface area contributed by atoms with Crippen molar-refractivity contribution in [2.75, 3.05) is 0 Å². The van der Waals surface area contributed by atoms with Crippen molar-refractivity contribution in [2.24, 2.45) is 0 Å². The maximum atomic E-state index is 6.11. The van der Waals surface area contributed by atoms with Crippen LogP contribution in [0, 0.1) is 0 Å². The fourth-order valence-corrected chi connectivity index (χ4v) is 17.5. The van der Waals surface area contributed by atoms with Crippen LogP contribution < -0.4 is 0 Å². The molecule has 0 unspecified atom stereocenters. The zero-order chi connectivity index (χ0) is 64.6. The Kier molecular flexibility index (Phi) is 14.0. The van der Waals surface area contributed by atoms with E-state index >= 15 is 0 Å². The standard InChI is InChI=1S/C31H19NOS.2C29H17NOS/c1-4-11-29-25(6-1)26-8-5-7-24(30(26)34-29)22-16-12-20(13-17-22)21-14-18-23(19-15-21)31-32-27-9-2-3-10-28(27)33-31;1-4-11-27-23(6-1)24-8-5-7-22(28(24)32-27)19-14-12-18-13-15-20(17-21(18)16-19)29-30-25-9-2-3-10-26(25)31-29;1-2-9-19-18(8-1)20(16-17-24(19)29-30-25-13-4-5-14-26(25)31-29)22-11-7-12-23-21-10-3-6-15-27(21)32-28(22)23/h1-19H;2*1-17H. The third-order valence-corrected chi connectivity index (χ3v) is 22.3. The van der Waals surface area contributed by atoms with Gasteiger partial charge in [0.05, 0.1) is 0 Å². The quantitative estimate of drug-likeness (QED) is 0.158. The van der Waals surface area contributed by atoms with E-state index in [-0.39, 0.29) is 0 Å². The van der Waals surface area contributed by atoms with E-state index in [0.717, 1.165) is 55.4 Å². The van der Waals surface area contributed by atoms with Gasteiger partial charge in [0.25, 0.3) is 0 Å². The molecule has 6 aromatic heterocycles. The van der Waals surface area contributed by atoms with Crippen molar-refractivity contribution in [3.05, 3.63) is 322 Å². The molecule has 21 aromatic rings. The van der Waals surface area contributed by atoms with Gasteiger partial charge in [-0.25, -0.2) is 15.0 Å². The SMILES string of the molecule is c1ccc2oc(-c3ccc(-c4ccc(-c5cccc6c5sc5ccccc56)cc4)cc3)nc2c1.c1ccc2oc(-c3ccc(-c4cccc5c4sc4ccccc45)c4ccccc34)nc2c1.c1ccc2oc(-c3ccc4ccc(-c5cccc6c5sc5ccccc56)cc4c3)nc2c1. The van der Waals surface area contributed by atoms with E-state index in [2.05, 4.69) is 259 Å². The van der Waals surface area contributed by atoms with E-state index in [1.807, 2.05) is 107 Å². The van der Waals surface area contributed by atoms with Crippen LogP contribution in [-0.2, 0) is 0 Å². The summed E-state index contributed by atoms with van der Waals surface area (Å²) in [6.45, 7) is 0. The Bertz CT molecular complexity index is 6550. The normalized spacial score (nSPS) is 11.7. The lowest BCUT2D eigenvalue weighted by atomic mass is 9.94. The highest BCUT2D eigenvalue weighted by Crippen LogP contribution is 2.46. The second-order valence-corrected chi connectivity index (χ2v) is 27.6. The number of nitrogens with zero attached hydrogens (tertiary/aromatic N) is 3. The topological polar surface area (TPSA) is 78.1 Å². The molecule has 0 saturated heterocycles. The molecule has 0 fully saturated rings. The first-order valence-electron chi connectivity index (χ1n) is 32.6. The van der Waals surface area contributed by atoms with Gasteiger partial charge < -0.3 is 13.3 Å². The molecule has 15 aromatic carbocycles. The molecule has 0 saturated carbocycles. The minimum absolute atomic E-state index is 0.652. The van der Waals surface area contributed by atoms with Gasteiger partial charge in [-0.3, -0.25) is 0 Å². The van der Waals surface area contributed by atoms with Gasteiger partial charge in [0.15, 0.2) is 16.7 Å². The molecule has 0 amide bonds. The van der Waals surface area contributed by atoms with E-state index in [1.54, 1.807) is 0 Å². The number of benzene rings is 15. The molecule has 9 heteroatoms. The average Bonchev–Trinajstić information content (AvgIpc) is 1.54. The van der Waals surface area contributed by atoms with E-state index in [0.29, 0.717) is 17.7 Å². The lowest BCUT2D eigenvalue weighted by Gasteiger charge is -2.11. The van der Waals surface area contributed by atoms with Crippen molar-refractivity contribution in [1.29, 1.82) is 0 Å². The van der Waals surface area contributed by atoms with Crippen molar-refractivity contribution in [3.8, 4) is 78.9 Å². The summed E-state index contributed by atoms with van der Waals surface area (Å²) in [5.74, 6) is 1.97. The van der Waals surface area contributed by atoms with Crippen LogP contribution in [0.25, 0.3) is 194 Å². The van der Waals surface area contributed by atoms with Gasteiger partial charge in [-0.2, -0.15) is 0 Å². The first-order valence-corrected chi connectivity index (χ1v) is 35.0. The Labute approximate surface area is 573 Å². The zero-order valence-corrected chi connectivity index (χ0v) is 54.8. The molecular formula is C89H53N3O3S3. The molecule has 0 N–H and O–H groups in total. The summed E-state index contributed by atoms with van der Waals surface area (Å²) in [6, 6.07) is 113. The number of fused-ring (bicyclic) bond motifs is 14. The predicted molar refractivity (Wildman–Crippen MR) is 414 cm³/mol. The number of hydrogen-bond donors (Lipinski definition) is 0. The fourth-order valence-electron chi connectivity index (χ4n) is 13.8. The molecular weight excluding hydrogens is 1260 g/mol. The third-order valence-electron chi connectivity index (χ3n) is 18.6. The number of hydrogen-bond acceptors (Lipinski definition) is 9. The Morgan fingerprint density at radius 1 is 0.204 bits per heavy atom. The Hall–Kier alpha value is -12.1. The summed E-state index contributed by atoms with van der Waals surface area (Å²) in [7, 11) is 0. The molecule has 21 rings (SSSR count). The van der Waals surface area contributed by atoms with Crippen LogP contribution in [0.15, 0.2) is 335 Å². The Morgan fingerprint density at radius 2 is 0.551 bits per heavy atom. The minimum Gasteiger partial charge on any atom is -0.436 e. The van der Waals surface area contributed by atoms with Crippen LogP contribution in [0.3, 0.4) is 0 Å². The molecule has 0 aliphatic carbocycles. The Balaban J connectivity index is 0.000000103. The number of rotatable bonds is 7. The maximum Gasteiger partial charge on any atom is 0.227 e. The number of thiophene rings is 3. The lowest BCUT2D eigenvalue weighted by Crippen LogP contribution is -1.86. The molecule has 0 radical (unpaired) electrons. The van der Waals surface area contributed by atoms with Crippen LogP contribution in [-0.4, -0.2) is 15.0 Å². The smallest absolute Gasteiger partial charge is 0.227 e. The Morgan fingerprint density at radius 3 is 1.07 bits per heavy atom.